The van der Waals surface area contributed by atoms with Crippen LogP contribution in [0.3, 0.4) is 0 Å². The van der Waals surface area contributed by atoms with Gasteiger partial charge in [-0.1, -0.05) is 17.7 Å². The van der Waals surface area contributed by atoms with Crippen LogP contribution in [0.5, 0.6) is 0 Å². The van der Waals surface area contributed by atoms with Crippen molar-refractivity contribution in [3.05, 3.63) is 47.3 Å². The van der Waals surface area contributed by atoms with Gasteiger partial charge in [0.25, 0.3) is 5.91 Å². The minimum absolute atomic E-state index is 0.147. The highest BCUT2D eigenvalue weighted by atomic mass is 19.4. The van der Waals surface area contributed by atoms with E-state index in [1.165, 1.54) is 19.1 Å². The van der Waals surface area contributed by atoms with E-state index < -0.39 is 29.4 Å². The molecule has 0 radical (unpaired) electrons. The first-order valence-corrected chi connectivity index (χ1v) is 6.88. The van der Waals surface area contributed by atoms with E-state index in [0.29, 0.717) is 4.68 Å². The first-order valence-electron chi connectivity index (χ1n) is 6.88. The van der Waals surface area contributed by atoms with E-state index in [2.05, 4.69) is 10.4 Å². The summed E-state index contributed by atoms with van der Waals surface area (Å²) >= 11 is 0. The minimum Gasteiger partial charge on any atom is -0.392 e. The van der Waals surface area contributed by atoms with Crippen LogP contribution in [0.2, 0.25) is 0 Å². The van der Waals surface area contributed by atoms with Crippen molar-refractivity contribution in [2.75, 3.05) is 6.54 Å². The molecule has 0 spiro atoms. The van der Waals surface area contributed by atoms with E-state index in [1.807, 2.05) is 6.92 Å². The van der Waals surface area contributed by atoms with Gasteiger partial charge in [0.2, 0.25) is 0 Å². The highest BCUT2D eigenvalue weighted by Gasteiger charge is 2.40. The van der Waals surface area contributed by atoms with Gasteiger partial charge in [0.1, 0.15) is 0 Å². The number of nitrogens with one attached hydrogen (secondary N) is 1. The molecule has 5 nitrogen and oxygen atoms in total. The smallest absolute Gasteiger partial charge is 0.392 e. The third-order valence-electron chi connectivity index (χ3n) is 3.12. The van der Waals surface area contributed by atoms with Crippen LogP contribution in [0, 0.1) is 6.92 Å². The topological polar surface area (TPSA) is 67.2 Å². The lowest BCUT2D eigenvalue weighted by Gasteiger charge is -2.13. The molecule has 1 aromatic carbocycles. The average Bonchev–Trinajstić information content (AvgIpc) is 2.90. The number of alkyl halides is 3. The molecule has 0 saturated heterocycles. The number of hydrogen-bond donors (Lipinski definition) is 2. The van der Waals surface area contributed by atoms with Gasteiger partial charge in [-0.25, -0.2) is 4.68 Å². The molecule has 1 aromatic heterocycles. The Hall–Kier alpha value is -2.35. The molecule has 1 heterocycles. The molecular formula is C15H16F3N3O2. The Bertz CT molecular complexity index is 691. The van der Waals surface area contributed by atoms with E-state index in [1.54, 1.807) is 12.1 Å². The molecule has 0 bridgehead atoms. The summed E-state index contributed by atoms with van der Waals surface area (Å²) in [7, 11) is 0. The molecule has 1 atom stereocenters. The monoisotopic (exact) mass is 327 g/mol. The van der Waals surface area contributed by atoms with Crippen molar-refractivity contribution >= 4 is 5.91 Å². The molecule has 124 valence electrons. The molecule has 0 aliphatic heterocycles. The largest absolute Gasteiger partial charge is 0.434 e. The lowest BCUT2D eigenvalue weighted by Crippen LogP contribution is -2.32. The van der Waals surface area contributed by atoms with Crippen LogP contribution in [0.4, 0.5) is 13.2 Å². The van der Waals surface area contributed by atoms with Crippen LogP contribution >= 0.6 is 0 Å². The molecule has 0 aliphatic carbocycles. The van der Waals surface area contributed by atoms with E-state index in [9.17, 15) is 18.0 Å². The van der Waals surface area contributed by atoms with Gasteiger partial charge in [-0.15, -0.1) is 0 Å². The zero-order valence-electron chi connectivity index (χ0n) is 12.6. The summed E-state index contributed by atoms with van der Waals surface area (Å²) in [6, 6.07) is 6.30. The molecule has 2 aromatic rings. The van der Waals surface area contributed by atoms with Crippen molar-refractivity contribution in [1.82, 2.24) is 15.1 Å². The molecule has 2 N–H and O–H groups in total. The number of carbonyl (C=O) groups is 1. The Labute approximate surface area is 130 Å². The van der Waals surface area contributed by atoms with Gasteiger partial charge < -0.3 is 10.4 Å². The standard InChI is InChI=1S/C15H16F3N3O2/c1-9-3-5-11(6-4-9)21-13(15(16,17)18)12(8-20-21)14(23)19-7-10(2)22/h3-6,8,10,22H,7H2,1-2H3,(H,19,23). The summed E-state index contributed by atoms with van der Waals surface area (Å²) in [6.45, 7) is 3.08. The second kappa shape index (κ2) is 6.41. The number of aromatic nitrogens is 2. The van der Waals surface area contributed by atoms with Crippen molar-refractivity contribution in [3.63, 3.8) is 0 Å². The number of aliphatic hydroxyl groups is 1. The summed E-state index contributed by atoms with van der Waals surface area (Å²) in [5.74, 6) is -0.934. The van der Waals surface area contributed by atoms with Crippen LogP contribution < -0.4 is 5.32 Å². The first kappa shape index (κ1) is 17.0. The van der Waals surface area contributed by atoms with Gasteiger partial charge in [-0.3, -0.25) is 4.79 Å². The summed E-state index contributed by atoms with van der Waals surface area (Å²) < 4.78 is 40.8. The van der Waals surface area contributed by atoms with Gasteiger partial charge >= 0.3 is 6.18 Å². The number of benzene rings is 1. The number of hydrogen-bond acceptors (Lipinski definition) is 3. The SMILES string of the molecule is Cc1ccc(-n2ncc(C(=O)NCC(C)O)c2C(F)(F)F)cc1. The van der Waals surface area contributed by atoms with Gasteiger partial charge in [0.15, 0.2) is 5.69 Å². The number of halogens is 3. The maximum atomic E-state index is 13.4. The minimum atomic E-state index is -4.75. The van der Waals surface area contributed by atoms with Crippen molar-refractivity contribution in [3.8, 4) is 5.69 Å². The molecule has 8 heteroatoms. The maximum Gasteiger partial charge on any atom is 0.434 e. The predicted molar refractivity (Wildman–Crippen MR) is 77.3 cm³/mol. The van der Waals surface area contributed by atoms with Crippen molar-refractivity contribution < 1.29 is 23.1 Å². The molecule has 1 amide bonds. The maximum absolute atomic E-state index is 13.4. The Kier molecular flexibility index (Phi) is 4.74. The summed E-state index contributed by atoms with van der Waals surface area (Å²) in [5.41, 5.74) is -0.634. The fourth-order valence-corrected chi connectivity index (χ4v) is 2.00. The average molecular weight is 327 g/mol. The summed E-state index contributed by atoms with van der Waals surface area (Å²) in [5, 5.41) is 15.1. The molecule has 2 rings (SSSR count). The van der Waals surface area contributed by atoms with Crippen molar-refractivity contribution in [2.24, 2.45) is 0 Å². The molecular weight excluding hydrogens is 311 g/mol. The van der Waals surface area contributed by atoms with Crippen LogP contribution in [-0.2, 0) is 6.18 Å². The number of amides is 1. The van der Waals surface area contributed by atoms with E-state index in [4.69, 9.17) is 5.11 Å². The second-order valence-electron chi connectivity index (χ2n) is 5.21. The third kappa shape index (κ3) is 3.89. The number of aliphatic hydroxyl groups excluding tert-OH is 1. The lowest BCUT2D eigenvalue weighted by molar-refractivity contribution is -0.143. The van der Waals surface area contributed by atoms with Crippen LogP contribution in [0.25, 0.3) is 5.69 Å². The Morgan fingerprint density at radius 3 is 2.48 bits per heavy atom. The quantitative estimate of drug-likeness (QED) is 0.905. The predicted octanol–water partition coefficient (Wildman–Crippen LogP) is 2.31. The van der Waals surface area contributed by atoms with Crippen LogP contribution in [0.15, 0.2) is 30.5 Å². The Morgan fingerprint density at radius 2 is 1.96 bits per heavy atom. The van der Waals surface area contributed by atoms with Gasteiger partial charge in [0, 0.05) is 6.54 Å². The fraction of sp³-hybridized carbons (Fsp3) is 0.333. The highest BCUT2D eigenvalue weighted by molar-refractivity contribution is 5.95. The van der Waals surface area contributed by atoms with Gasteiger partial charge in [-0.05, 0) is 26.0 Å². The van der Waals surface area contributed by atoms with Crippen molar-refractivity contribution in [1.29, 1.82) is 0 Å². The Balaban J connectivity index is 2.45. The second-order valence-corrected chi connectivity index (χ2v) is 5.21. The first-order chi connectivity index (χ1) is 10.7. The zero-order chi connectivity index (χ0) is 17.2. The normalized spacial score (nSPS) is 13.0. The van der Waals surface area contributed by atoms with E-state index in [-0.39, 0.29) is 12.2 Å². The molecule has 0 aliphatic rings. The number of rotatable bonds is 4. The van der Waals surface area contributed by atoms with E-state index >= 15 is 0 Å². The summed E-state index contributed by atoms with van der Waals surface area (Å²) in [4.78, 5) is 11.9. The molecule has 1 unspecified atom stereocenters. The van der Waals surface area contributed by atoms with Crippen molar-refractivity contribution in [2.45, 2.75) is 26.1 Å². The fourth-order valence-electron chi connectivity index (χ4n) is 2.00. The third-order valence-corrected chi connectivity index (χ3v) is 3.12. The van der Waals surface area contributed by atoms with Gasteiger partial charge in [-0.2, -0.15) is 18.3 Å². The van der Waals surface area contributed by atoms with Crippen LogP contribution in [0.1, 0.15) is 28.5 Å². The highest BCUT2D eigenvalue weighted by Crippen LogP contribution is 2.33. The number of nitrogens with zero attached hydrogens (tertiary/aromatic N) is 2. The summed E-state index contributed by atoms with van der Waals surface area (Å²) in [6.07, 6.45) is -4.74. The molecule has 0 saturated carbocycles. The molecule has 0 fully saturated rings. The molecule has 23 heavy (non-hydrogen) atoms. The number of aryl methyl sites for hydroxylation is 1. The van der Waals surface area contributed by atoms with Gasteiger partial charge in [0.05, 0.1) is 23.6 Å². The zero-order valence-corrected chi connectivity index (χ0v) is 12.6. The van der Waals surface area contributed by atoms with E-state index in [0.717, 1.165) is 11.8 Å². The van der Waals surface area contributed by atoms with Crippen LogP contribution in [-0.4, -0.2) is 33.4 Å². The number of carbonyl (C=O) groups excluding carboxylic acids is 1. The lowest BCUT2D eigenvalue weighted by atomic mass is 10.2. The Morgan fingerprint density at radius 1 is 1.35 bits per heavy atom.